The standard InChI is InChI=1S/C13H19N5O2S.ClH/c1-9-12-6-11(8-15-13(12)17(2)16-9)21(19,20)18-5-3-4-10(18)7-14;/h6,8,10H,3-5,7,14H2,1-2H3;1H. The third kappa shape index (κ3) is 2.60. The molecule has 0 aliphatic carbocycles. The molecule has 0 spiro atoms. The minimum absolute atomic E-state index is 0. The normalized spacial score (nSPS) is 19.5. The van der Waals surface area contributed by atoms with Crippen LogP contribution in [0.3, 0.4) is 0 Å². The molecule has 0 aromatic carbocycles. The van der Waals surface area contributed by atoms with Crippen LogP contribution in [-0.2, 0) is 17.1 Å². The second-order valence-electron chi connectivity index (χ2n) is 5.40. The maximum atomic E-state index is 12.8. The van der Waals surface area contributed by atoms with E-state index in [4.69, 9.17) is 5.73 Å². The molecule has 2 aromatic rings. The molecule has 122 valence electrons. The zero-order valence-electron chi connectivity index (χ0n) is 12.6. The van der Waals surface area contributed by atoms with Crippen molar-refractivity contribution in [1.29, 1.82) is 0 Å². The number of aryl methyl sites for hydroxylation is 2. The van der Waals surface area contributed by atoms with Crippen LogP contribution in [0.5, 0.6) is 0 Å². The summed E-state index contributed by atoms with van der Waals surface area (Å²) in [7, 11) is -1.75. The third-order valence-electron chi connectivity index (χ3n) is 4.04. The van der Waals surface area contributed by atoms with Crippen LogP contribution in [0.1, 0.15) is 18.5 Å². The summed E-state index contributed by atoms with van der Waals surface area (Å²) in [6.45, 7) is 2.72. The number of halogens is 1. The number of sulfonamides is 1. The molecular formula is C13H20ClN5O2S. The van der Waals surface area contributed by atoms with Crippen LogP contribution < -0.4 is 5.73 Å². The summed E-state index contributed by atoms with van der Waals surface area (Å²) in [5.74, 6) is 0. The lowest BCUT2D eigenvalue weighted by Gasteiger charge is -2.22. The van der Waals surface area contributed by atoms with Crippen LogP contribution in [-0.4, -0.2) is 46.6 Å². The number of fused-ring (bicyclic) bond motifs is 1. The van der Waals surface area contributed by atoms with Crippen molar-refractivity contribution >= 4 is 33.5 Å². The van der Waals surface area contributed by atoms with E-state index in [9.17, 15) is 8.42 Å². The summed E-state index contributed by atoms with van der Waals surface area (Å²) in [4.78, 5) is 4.47. The Bertz CT molecular complexity index is 789. The van der Waals surface area contributed by atoms with Crippen molar-refractivity contribution in [2.45, 2.75) is 30.7 Å². The Hall–Kier alpha value is -1.22. The summed E-state index contributed by atoms with van der Waals surface area (Å²) in [6, 6.07) is 1.55. The fourth-order valence-corrected chi connectivity index (χ4v) is 4.60. The largest absolute Gasteiger partial charge is 0.329 e. The van der Waals surface area contributed by atoms with E-state index in [1.165, 1.54) is 10.5 Å². The van der Waals surface area contributed by atoms with Crippen molar-refractivity contribution in [3.8, 4) is 0 Å². The van der Waals surface area contributed by atoms with Gasteiger partial charge in [0, 0.05) is 37.8 Å². The van der Waals surface area contributed by atoms with Crippen LogP contribution in [0.2, 0.25) is 0 Å². The van der Waals surface area contributed by atoms with E-state index >= 15 is 0 Å². The van der Waals surface area contributed by atoms with E-state index in [0.29, 0.717) is 18.7 Å². The molecule has 1 aliphatic heterocycles. The van der Waals surface area contributed by atoms with Crippen LogP contribution in [0.4, 0.5) is 0 Å². The fraction of sp³-hybridized carbons (Fsp3) is 0.538. The molecule has 1 aliphatic rings. The quantitative estimate of drug-likeness (QED) is 0.888. The van der Waals surface area contributed by atoms with Crippen LogP contribution in [0.25, 0.3) is 11.0 Å². The first-order chi connectivity index (χ1) is 9.95. The van der Waals surface area contributed by atoms with E-state index in [1.54, 1.807) is 17.8 Å². The molecule has 22 heavy (non-hydrogen) atoms. The molecule has 0 amide bonds. The second kappa shape index (κ2) is 6.11. The maximum absolute atomic E-state index is 12.8. The van der Waals surface area contributed by atoms with E-state index in [-0.39, 0.29) is 23.3 Å². The van der Waals surface area contributed by atoms with E-state index < -0.39 is 10.0 Å². The molecule has 2 aromatic heterocycles. The van der Waals surface area contributed by atoms with Crippen molar-refractivity contribution in [2.24, 2.45) is 12.8 Å². The maximum Gasteiger partial charge on any atom is 0.244 e. The van der Waals surface area contributed by atoms with Crippen molar-refractivity contribution in [1.82, 2.24) is 19.1 Å². The fourth-order valence-electron chi connectivity index (χ4n) is 2.93. The van der Waals surface area contributed by atoms with Crippen molar-refractivity contribution in [2.75, 3.05) is 13.1 Å². The Morgan fingerprint density at radius 3 is 2.86 bits per heavy atom. The van der Waals surface area contributed by atoms with E-state index in [2.05, 4.69) is 10.1 Å². The summed E-state index contributed by atoms with van der Waals surface area (Å²) in [5, 5.41) is 5.03. The highest BCUT2D eigenvalue weighted by molar-refractivity contribution is 7.89. The first kappa shape index (κ1) is 17.1. The molecule has 1 fully saturated rings. The molecular weight excluding hydrogens is 326 g/mol. The number of rotatable bonds is 3. The van der Waals surface area contributed by atoms with Gasteiger partial charge in [0.2, 0.25) is 10.0 Å². The van der Waals surface area contributed by atoms with Gasteiger partial charge < -0.3 is 5.73 Å². The average molecular weight is 346 g/mol. The Labute approximate surface area is 136 Å². The third-order valence-corrected chi connectivity index (χ3v) is 5.96. The number of hydrogen-bond donors (Lipinski definition) is 1. The highest BCUT2D eigenvalue weighted by atomic mass is 35.5. The lowest BCUT2D eigenvalue weighted by Crippen LogP contribution is -2.39. The molecule has 1 unspecified atom stereocenters. The van der Waals surface area contributed by atoms with Gasteiger partial charge >= 0.3 is 0 Å². The lowest BCUT2D eigenvalue weighted by atomic mass is 10.2. The SMILES string of the molecule is Cc1nn(C)c2ncc(S(=O)(=O)N3CCCC3CN)cc12.Cl. The molecule has 7 nitrogen and oxygen atoms in total. The lowest BCUT2D eigenvalue weighted by molar-refractivity contribution is 0.393. The minimum Gasteiger partial charge on any atom is -0.329 e. The molecule has 0 bridgehead atoms. The molecule has 1 saturated heterocycles. The molecule has 1 atom stereocenters. The highest BCUT2D eigenvalue weighted by Crippen LogP contribution is 2.27. The topological polar surface area (TPSA) is 94.1 Å². The van der Waals surface area contributed by atoms with E-state index in [1.807, 2.05) is 6.92 Å². The Balaban J connectivity index is 0.00000176. The molecule has 0 radical (unpaired) electrons. The summed E-state index contributed by atoms with van der Waals surface area (Å²) >= 11 is 0. The predicted octanol–water partition coefficient (Wildman–Crippen LogP) is 0.810. The summed E-state index contributed by atoms with van der Waals surface area (Å²) in [6.07, 6.45) is 3.07. The van der Waals surface area contributed by atoms with E-state index in [0.717, 1.165) is 23.9 Å². The number of aromatic nitrogens is 3. The van der Waals surface area contributed by atoms with Gasteiger partial charge in [-0.25, -0.2) is 13.4 Å². The van der Waals surface area contributed by atoms with Crippen LogP contribution >= 0.6 is 12.4 Å². The minimum atomic E-state index is -3.55. The number of nitrogens with zero attached hydrogens (tertiary/aromatic N) is 4. The van der Waals surface area contributed by atoms with Gasteiger partial charge in [0.15, 0.2) is 5.65 Å². The Morgan fingerprint density at radius 1 is 1.45 bits per heavy atom. The van der Waals surface area contributed by atoms with Gasteiger partial charge in [-0.3, -0.25) is 4.68 Å². The molecule has 9 heteroatoms. The van der Waals surface area contributed by atoms with Crippen LogP contribution in [0.15, 0.2) is 17.2 Å². The second-order valence-corrected chi connectivity index (χ2v) is 7.29. The molecule has 2 N–H and O–H groups in total. The molecule has 0 saturated carbocycles. The monoisotopic (exact) mass is 345 g/mol. The van der Waals surface area contributed by atoms with Crippen molar-refractivity contribution in [3.63, 3.8) is 0 Å². The summed E-state index contributed by atoms with van der Waals surface area (Å²) in [5.41, 5.74) is 7.14. The van der Waals surface area contributed by atoms with Gasteiger partial charge in [0.05, 0.1) is 5.69 Å². The van der Waals surface area contributed by atoms with Gasteiger partial charge in [-0.2, -0.15) is 9.40 Å². The van der Waals surface area contributed by atoms with Gasteiger partial charge in [-0.1, -0.05) is 0 Å². The van der Waals surface area contributed by atoms with Crippen molar-refractivity contribution in [3.05, 3.63) is 18.0 Å². The van der Waals surface area contributed by atoms with Gasteiger partial charge in [0.1, 0.15) is 4.90 Å². The van der Waals surface area contributed by atoms with Gasteiger partial charge in [0.25, 0.3) is 0 Å². The van der Waals surface area contributed by atoms with Crippen molar-refractivity contribution < 1.29 is 8.42 Å². The highest BCUT2D eigenvalue weighted by Gasteiger charge is 2.34. The van der Waals surface area contributed by atoms with Crippen LogP contribution in [0, 0.1) is 6.92 Å². The summed E-state index contributed by atoms with van der Waals surface area (Å²) < 4.78 is 28.7. The smallest absolute Gasteiger partial charge is 0.244 e. The van der Waals surface area contributed by atoms with Gasteiger partial charge in [-0.05, 0) is 25.8 Å². The zero-order valence-corrected chi connectivity index (χ0v) is 14.2. The number of nitrogens with two attached hydrogens (primary N) is 1. The number of hydrogen-bond acceptors (Lipinski definition) is 5. The van der Waals surface area contributed by atoms with Gasteiger partial charge in [-0.15, -0.1) is 12.4 Å². The molecule has 3 rings (SSSR count). The Kier molecular flexibility index (Phi) is 4.76. The molecule has 3 heterocycles. The zero-order chi connectivity index (χ0) is 15.2. The average Bonchev–Trinajstić information content (AvgIpc) is 3.04. The first-order valence-electron chi connectivity index (χ1n) is 6.96. The Morgan fingerprint density at radius 2 is 2.18 bits per heavy atom. The number of pyridine rings is 1. The predicted molar refractivity (Wildman–Crippen MR) is 86.5 cm³/mol. The first-order valence-corrected chi connectivity index (χ1v) is 8.40.